The molecule has 1 aromatic rings. The number of Topliss-reactive ketones (excluding diaryl/α,β-unsaturated/α-hetero) is 1. The second-order valence-electron chi connectivity index (χ2n) is 11.5. The first-order chi connectivity index (χ1) is 18.2. The first-order valence-corrected chi connectivity index (χ1v) is 14.1. The minimum atomic E-state index is -0.562. The van der Waals surface area contributed by atoms with E-state index in [0.717, 1.165) is 31.4 Å². The smallest absolute Gasteiger partial charge is 0.251 e. The number of nitrogens with zero attached hydrogens (tertiary/aromatic N) is 3. The molecule has 1 saturated carbocycles. The molecule has 1 aliphatic carbocycles. The molecule has 2 saturated heterocycles. The number of amides is 3. The third-order valence-electron chi connectivity index (χ3n) is 8.56. The van der Waals surface area contributed by atoms with Crippen molar-refractivity contribution in [2.45, 2.75) is 76.4 Å². The van der Waals surface area contributed by atoms with Crippen molar-refractivity contribution >= 4 is 29.2 Å². The lowest BCUT2D eigenvalue weighted by molar-refractivity contribution is -0.137. The summed E-state index contributed by atoms with van der Waals surface area (Å²) in [5, 5.41) is 2.93. The fraction of sp³-hybridized carbons (Fsp3) is 0.655. The van der Waals surface area contributed by atoms with Gasteiger partial charge in [-0.1, -0.05) is 26.2 Å². The van der Waals surface area contributed by atoms with Crippen LogP contribution in [0.4, 0.5) is 5.69 Å². The van der Waals surface area contributed by atoms with Gasteiger partial charge in [-0.3, -0.25) is 19.2 Å². The zero-order valence-corrected chi connectivity index (χ0v) is 23.0. The number of ketones is 1. The van der Waals surface area contributed by atoms with Crippen molar-refractivity contribution in [2.75, 3.05) is 38.6 Å². The SMILES string of the molecule is CC(CCNC(=O)c1ccc(N(C)C)cc1)CC(=O)N1CCC2C1C(=O)CN2C(=O)C(N)C1CCCCC1. The summed E-state index contributed by atoms with van der Waals surface area (Å²) < 4.78 is 0. The molecular weight excluding hydrogens is 482 g/mol. The van der Waals surface area contributed by atoms with E-state index in [4.69, 9.17) is 5.73 Å². The Balaban J connectivity index is 1.24. The molecule has 4 unspecified atom stereocenters. The Hall–Kier alpha value is -2.94. The van der Waals surface area contributed by atoms with Gasteiger partial charge in [-0.25, -0.2) is 0 Å². The van der Waals surface area contributed by atoms with E-state index in [2.05, 4.69) is 5.32 Å². The molecular formula is C29H43N5O4. The van der Waals surface area contributed by atoms with Crippen molar-refractivity contribution < 1.29 is 19.2 Å². The molecule has 38 heavy (non-hydrogen) atoms. The summed E-state index contributed by atoms with van der Waals surface area (Å²) in [5.41, 5.74) is 8.00. The van der Waals surface area contributed by atoms with Crippen molar-refractivity contribution in [3.63, 3.8) is 0 Å². The Morgan fingerprint density at radius 3 is 2.39 bits per heavy atom. The summed E-state index contributed by atoms with van der Waals surface area (Å²) >= 11 is 0. The van der Waals surface area contributed by atoms with Gasteiger partial charge in [-0.05, 0) is 61.8 Å². The zero-order valence-electron chi connectivity index (χ0n) is 23.0. The Labute approximate surface area is 226 Å². The summed E-state index contributed by atoms with van der Waals surface area (Å²) in [6.07, 6.45) is 6.90. The minimum Gasteiger partial charge on any atom is -0.378 e. The number of nitrogens with two attached hydrogens (primary N) is 1. The Kier molecular flexibility index (Phi) is 9.07. The van der Waals surface area contributed by atoms with Gasteiger partial charge in [0.1, 0.15) is 6.04 Å². The maximum Gasteiger partial charge on any atom is 0.251 e. The van der Waals surface area contributed by atoms with E-state index in [1.54, 1.807) is 21.9 Å². The zero-order chi connectivity index (χ0) is 27.4. The van der Waals surface area contributed by atoms with E-state index in [1.807, 2.05) is 38.1 Å². The highest BCUT2D eigenvalue weighted by molar-refractivity contribution is 5.98. The van der Waals surface area contributed by atoms with Gasteiger partial charge < -0.3 is 25.8 Å². The van der Waals surface area contributed by atoms with Crippen LogP contribution in [0.15, 0.2) is 24.3 Å². The van der Waals surface area contributed by atoms with Crippen LogP contribution in [-0.4, -0.2) is 85.2 Å². The third kappa shape index (κ3) is 6.20. The quantitative estimate of drug-likeness (QED) is 0.511. The Morgan fingerprint density at radius 1 is 1.05 bits per heavy atom. The Morgan fingerprint density at radius 2 is 1.74 bits per heavy atom. The summed E-state index contributed by atoms with van der Waals surface area (Å²) in [4.78, 5) is 57.1. The van der Waals surface area contributed by atoms with Crippen molar-refractivity contribution in [3.05, 3.63) is 29.8 Å². The maximum absolute atomic E-state index is 13.2. The Bertz CT molecular complexity index is 1020. The maximum atomic E-state index is 13.2. The van der Waals surface area contributed by atoms with Crippen molar-refractivity contribution in [2.24, 2.45) is 17.6 Å². The van der Waals surface area contributed by atoms with Crippen molar-refractivity contribution in [1.29, 1.82) is 0 Å². The van der Waals surface area contributed by atoms with Crippen LogP contribution in [0.25, 0.3) is 0 Å². The van der Waals surface area contributed by atoms with Crippen molar-refractivity contribution in [3.8, 4) is 0 Å². The highest BCUT2D eigenvalue weighted by atomic mass is 16.2. The van der Waals surface area contributed by atoms with Gasteiger partial charge in [0.2, 0.25) is 11.8 Å². The number of carbonyl (C=O) groups is 4. The second-order valence-corrected chi connectivity index (χ2v) is 11.5. The standard InChI is InChI=1S/C29H43N5O4/c1-19(13-15-31-28(37)21-9-11-22(12-10-21)32(2)3)17-25(36)33-16-14-23-27(33)24(35)18-34(23)29(38)26(30)20-7-5-4-6-8-20/h9-12,19-20,23,26-27H,4-8,13-18,30H2,1-3H3,(H,31,37). The molecule has 2 aliphatic heterocycles. The number of benzene rings is 1. The molecule has 4 rings (SSSR count). The molecule has 3 amide bonds. The number of nitrogens with one attached hydrogen (secondary N) is 1. The fourth-order valence-electron chi connectivity index (χ4n) is 6.24. The predicted molar refractivity (Wildman–Crippen MR) is 147 cm³/mol. The monoisotopic (exact) mass is 525 g/mol. The molecule has 1 aromatic carbocycles. The van der Waals surface area contributed by atoms with Crippen LogP contribution >= 0.6 is 0 Å². The number of fused-ring (bicyclic) bond motifs is 1. The number of hydrogen-bond donors (Lipinski definition) is 2. The van der Waals surface area contributed by atoms with E-state index in [9.17, 15) is 19.2 Å². The van der Waals surface area contributed by atoms with Gasteiger partial charge in [-0.2, -0.15) is 0 Å². The van der Waals surface area contributed by atoms with E-state index < -0.39 is 12.1 Å². The number of carbonyl (C=O) groups excluding carboxylic acids is 4. The van der Waals surface area contributed by atoms with Crippen LogP contribution in [0.1, 0.15) is 68.6 Å². The molecule has 4 atom stereocenters. The molecule has 0 aromatic heterocycles. The van der Waals surface area contributed by atoms with Crippen LogP contribution in [0.2, 0.25) is 0 Å². The van der Waals surface area contributed by atoms with Crippen molar-refractivity contribution in [1.82, 2.24) is 15.1 Å². The van der Waals surface area contributed by atoms with Gasteiger partial charge in [0.15, 0.2) is 5.78 Å². The average Bonchev–Trinajstić information content (AvgIpc) is 3.49. The number of anilines is 1. The topological polar surface area (TPSA) is 116 Å². The molecule has 208 valence electrons. The molecule has 3 fully saturated rings. The van der Waals surface area contributed by atoms with E-state index in [0.29, 0.717) is 37.9 Å². The second kappa shape index (κ2) is 12.3. The van der Waals surface area contributed by atoms with Gasteiger partial charge >= 0.3 is 0 Å². The molecule has 3 N–H and O–H groups in total. The third-order valence-corrected chi connectivity index (χ3v) is 8.56. The van der Waals surface area contributed by atoms with E-state index in [1.165, 1.54) is 6.42 Å². The number of likely N-dealkylation sites (tertiary alicyclic amines) is 2. The van der Waals surface area contributed by atoms with Gasteiger partial charge in [0, 0.05) is 44.9 Å². The molecule has 9 nitrogen and oxygen atoms in total. The van der Waals surface area contributed by atoms with E-state index >= 15 is 0 Å². The van der Waals surface area contributed by atoms with Crippen LogP contribution < -0.4 is 16.0 Å². The molecule has 0 bridgehead atoms. The molecule has 9 heteroatoms. The number of rotatable bonds is 9. The summed E-state index contributed by atoms with van der Waals surface area (Å²) in [6.45, 7) is 2.98. The van der Waals surface area contributed by atoms with Crippen LogP contribution in [-0.2, 0) is 14.4 Å². The highest BCUT2D eigenvalue weighted by Gasteiger charge is 2.52. The normalized spacial score (nSPS) is 23.2. The molecule has 0 spiro atoms. The van der Waals surface area contributed by atoms with Crippen LogP contribution in [0, 0.1) is 11.8 Å². The average molecular weight is 526 g/mol. The lowest BCUT2D eigenvalue weighted by atomic mass is 9.83. The lowest BCUT2D eigenvalue weighted by Crippen LogP contribution is -2.51. The summed E-state index contributed by atoms with van der Waals surface area (Å²) in [6, 6.07) is 6.04. The molecule has 2 heterocycles. The lowest BCUT2D eigenvalue weighted by Gasteiger charge is -2.31. The molecule has 3 aliphatic rings. The predicted octanol–water partition coefficient (Wildman–Crippen LogP) is 2.19. The fourth-order valence-corrected chi connectivity index (χ4v) is 6.24. The number of hydrogen-bond acceptors (Lipinski definition) is 6. The van der Waals surface area contributed by atoms with Gasteiger partial charge in [0.05, 0.1) is 18.6 Å². The minimum absolute atomic E-state index is 0.0481. The first kappa shape index (κ1) is 28.1. The summed E-state index contributed by atoms with van der Waals surface area (Å²) in [5.74, 6) is -0.160. The van der Waals surface area contributed by atoms with Gasteiger partial charge in [0.25, 0.3) is 5.91 Å². The van der Waals surface area contributed by atoms with Crippen LogP contribution in [0.3, 0.4) is 0 Å². The van der Waals surface area contributed by atoms with Gasteiger partial charge in [-0.15, -0.1) is 0 Å². The highest BCUT2D eigenvalue weighted by Crippen LogP contribution is 2.33. The largest absolute Gasteiger partial charge is 0.378 e. The summed E-state index contributed by atoms with van der Waals surface area (Å²) in [7, 11) is 3.90. The van der Waals surface area contributed by atoms with E-state index in [-0.39, 0.29) is 47.9 Å². The first-order valence-electron chi connectivity index (χ1n) is 14.1. The van der Waals surface area contributed by atoms with Crippen LogP contribution in [0.5, 0.6) is 0 Å². The molecule has 0 radical (unpaired) electrons.